The van der Waals surface area contributed by atoms with Crippen LogP contribution in [0.25, 0.3) is 11.5 Å². The lowest BCUT2D eigenvalue weighted by molar-refractivity contribution is 0.554. The first-order valence-corrected chi connectivity index (χ1v) is 5.54. The topological polar surface area (TPSA) is 49.8 Å². The summed E-state index contributed by atoms with van der Waals surface area (Å²) in [5.74, 6) is 0.720. The third-order valence-electron chi connectivity index (χ3n) is 1.61. The third kappa shape index (κ3) is 1.86. The van der Waals surface area contributed by atoms with Crippen LogP contribution in [0.3, 0.4) is 0 Å². The second kappa shape index (κ2) is 3.95. The summed E-state index contributed by atoms with van der Waals surface area (Å²) >= 11 is 4.69. The lowest BCUT2D eigenvalue weighted by Gasteiger charge is -1.87. The van der Waals surface area contributed by atoms with Crippen LogP contribution in [0.15, 0.2) is 26.6 Å². The van der Waals surface area contributed by atoms with Crippen molar-refractivity contribution in [3.8, 4) is 17.5 Å². The minimum absolute atomic E-state index is 0.354. The highest BCUT2D eigenvalue weighted by Gasteiger charge is 2.07. The van der Waals surface area contributed by atoms with Crippen molar-refractivity contribution in [2.24, 2.45) is 0 Å². The summed E-state index contributed by atoms with van der Waals surface area (Å²) in [7, 11) is 0. The fourth-order valence-corrected chi connectivity index (χ4v) is 2.05. The number of nitrogens with zero attached hydrogens (tertiary/aromatic N) is 2. The molecule has 2 rings (SSSR count). The van der Waals surface area contributed by atoms with Crippen LogP contribution in [-0.2, 0) is 6.42 Å². The number of halogens is 1. The first-order valence-electron chi connectivity index (χ1n) is 3.86. The predicted octanol–water partition coefficient (Wildman–Crippen LogP) is 3.23. The molecule has 3 nitrogen and oxygen atoms in total. The van der Waals surface area contributed by atoms with Crippen LogP contribution >= 0.6 is 27.3 Å². The molecule has 0 aliphatic carbocycles. The van der Waals surface area contributed by atoms with Crippen LogP contribution in [0.2, 0.25) is 0 Å². The first-order chi connectivity index (χ1) is 6.79. The largest absolute Gasteiger partial charge is 0.448 e. The number of hydrogen-bond acceptors (Lipinski definition) is 4. The fourth-order valence-electron chi connectivity index (χ4n) is 1.02. The van der Waals surface area contributed by atoms with E-state index in [1.807, 2.05) is 17.5 Å². The Balaban J connectivity index is 2.30. The van der Waals surface area contributed by atoms with Gasteiger partial charge >= 0.3 is 0 Å². The summed E-state index contributed by atoms with van der Waals surface area (Å²) in [6.45, 7) is 0. The van der Waals surface area contributed by atoms with Gasteiger partial charge in [0.15, 0.2) is 10.4 Å². The monoisotopic (exact) mass is 268 g/mol. The average Bonchev–Trinajstić information content (AvgIpc) is 2.74. The van der Waals surface area contributed by atoms with Crippen molar-refractivity contribution < 1.29 is 4.42 Å². The highest BCUT2D eigenvalue weighted by Crippen LogP contribution is 2.26. The van der Waals surface area contributed by atoms with Crippen molar-refractivity contribution >= 4 is 27.3 Å². The van der Waals surface area contributed by atoms with Crippen molar-refractivity contribution in [3.63, 3.8) is 0 Å². The first kappa shape index (κ1) is 9.44. The molecule has 0 unspecified atom stereocenters. The van der Waals surface area contributed by atoms with Crippen LogP contribution < -0.4 is 0 Å². The van der Waals surface area contributed by atoms with Crippen molar-refractivity contribution in [1.29, 1.82) is 5.26 Å². The standard InChI is InChI=1S/C9H5BrN2OS/c10-8-2-1-7(13-8)6-5-14-9(12-6)3-4-11/h1-2,5H,3H2. The predicted molar refractivity (Wildman–Crippen MR) is 56.8 cm³/mol. The molecule has 0 aliphatic rings. The Kier molecular flexibility index (Phi) is 2.66. The number of hydrogen-bond donors (Lipinski definition) is 0. The number of nitriles is 1. The van der Waals surface area contributed by atoms with E-state index in [0.29, 0.717) is 11.1 Å². The highest BCUT2D eigenvalue weighted by molar-refractivity contribution is 9.10. The maximum atomic E-state index is 8.49. The molecular formula is C9H5BrN2OS. The number of aromatic nitrogens is 1. The minimum atomic E-state index is 0.354. The SMILES string of the molecule is N#CCc1nc(-c2ccc(Br)o2)cs1. The van der Waals surface area contributed by atoms with E-state index in [1.165, 1.54) is 11.3 Å². The minimum Gasteiger partial charge on any atom is -0.448 e. The summed E-state index contributed by atoms with van der Waals surface area (Å²) in [4.78, 5) is 4.27. The van der Waals surface area contributed by atoms with E-state index in [2.05, 4.69) is 27.0 Å². The van der Waals surface area contributed by atoms with Crippen LogP contribution in [0.4, 0.5) is 0 Å². The quantitative estimate of drug-likeness (QED) is 0.840. The smallest absolute Gasteiger partial charge is 0.169 e. The Labute approximate surface area is 93.1 Å². The molecule has 0 aromatic carbocycles. The molecule has 0 N–H and O–H groups in total. The number of thiazole rings is 1. The van der Waals surface area contributed by atoms with Crippen molar-refractivity contribution in [2.75, 3.05) is 0 Å². The van der Waals surface area contributed by atoms with E-state index in [-0.39, 0.29) is 0 Å². The Hall–Kier alpha value is -1.12. The maximum Gasteiger partial charge on any atom is 0.169 e. The molecule has 0 saturated carbocycles. The van der Waals surface area contributed by atoms with Gasteiger partial charge in [-0.3, -0.25) is 0 Å². The Bertz CT molecular complexity index is 483. The molecule has 0 bridgehead atoms. The van der Waals surface area contributed by atoms with Crippen LogP contribution in [0.1, 0.15) is 5.01 Å². The molecule has 2 heterocycles. The highest BCUT2D eigenvalue weighted by atomic mass is 79.9. The average molecular weight is 269 g/mol. The van der Waals surface area contributed by atoms with Gasteiger partial charge < -0.3 is 4.42 Å². The Morgan fingerprint density at radius 2 is 2.43 bits per heavy atom. The van der Waals surface area contributed by atoms with Gasteiger partial charge in [-0.1, -0.05) is 0 Å². The molecule has 2 aromatic rings. The zero-order valence-corrected chi connectivity index (χ0v) is 9.43. The van der Waals surface area contributed by atoms with Gasteiger partial charge in [-0.2, -0.15) is 5.26 Å². The maximum absolute atomic E-state index is 8.49. The summed E-state index contributed by atoms with van der Waals surface area (Å²) in [6.07, 6.45) is 0.354. The van der Waals surface area contributed by atoms with E-state index < -0.39 is 0 Å². The van der Waals surface area contributed by atoms with Gasteiger partial charge in [0.2, 0.25) is 0 Å². The number of rotatable bonds is 2. The molecule has 2 aromatic heterocycles. The lowest BCUT2D eigenvalue weighted by Crippen LogP contribution is -1.79. The van der Waals surface area contributed by atoms with Crippen molar-refractivity contribution in [1.82, 2.24) is 4.98 Å². The van der Waals surface area contributed by atoms with E-state index in [0.717, 1.165) is 16.5 Å². The van der Waals surface area contributed by atoms with Crippen molar-refractivity contribution in [3.05, 3.63) is 27.2 Å². The summed E-state index contributed by atoms with van der Waals surface area (Å²) in [5.41, 5.74) is 0.783. The summed E-state index contributed by atoms with van der Waals surface area (Å²) in [6, 6.07) is 5.72. The molecule has 14 heavy (non-hydrogen) atoms. The second-order valence-corrected chi connectivity index (χ2v) is 4.29. The molecule has 0 spiro atoms. The van der Waals surface area contributed by atoms with Gasteiger partial charge in [-0.25, -0.2) is 4.98 Å². The molecule has 0 saturated heterocycles. The van der Waals surface area contributed by atoms with Crippen LogP contribution in [0.5, 0.6) is 0 Å². The third-order valence-corrected chi connectivity index (χ3v) is 2.88. The molecular weight excluding hydrogens is 264 g/mol. The van der Waals surface area contributed by atoms with E-state index in [4.69, 9.17) is 9.68 Å². The zero-order chi connectivity index (χ0) is 9.97. The van der Waals surface area contributed by atoms with Gasteiger partial charge in [0, 0.05) is 5.38 Å². The van der Waals surface area contributed by atoms with Gasteiger partial charge in [0.25, 0.3) is 0 Å². The Morgan fingerprint density at radius 1 is 1.57 bits per heavy atom. The molecule has 0 atom stereocenters. The number of furan rings is 1. The fraction of sp³-hybridized carbons (Fsp3) is 0.111. The van der Waals surface area contributed by atoms with E-state index in [9.17, 15) is 0 Å². The van der Waals surface area contributed by atoms with Crippen LogP contribution in [0, 0.1) is 11.3 Å². The van der Waals surface area contributed by atoms with Crippen molar-refractivity contribution in [2.45, 2.75) is 6.42 Å². The molecule has 5 heteroatoms. The lowest BCUT2D eigenvalue weighted by atomic mass is 10.4. The summed E-state index contributed by atoms with van der Waals surface area (Å²) in [5, 5.41) is 11.2. The molecule has 70 valence electrons. The normalized spacial score (nSPS) is 10.0. The molecule has 0 amide bonds. The zero-order valence-electron chi connectivity index (χ0n) is 7.03. The van der Waals surface area contributed by atoms with Gasteiger partial charge in [0.1, 0.15) is 10.7 Å². The Morgan fingerprint density at radius 3 is 3.07 bits per heavy atom. The van der Waals surface area contributed by atoms with Crippen LogP contribution in [-0.4, -0.2) is 4.98 Å². The van der Waals surface area contributed by atoms with E-state index >= 15 is 0 Å². The van der Waals surface area contributed by atoms with Gasteiger partial charge in [-0.05, 0) is 28.1 Å². The van der Waals surface area contributed by atoms with Gasteiger partial charge in [0.05, 0.1) is 12.5 Å². The molecule has 0 radical (unpaired) electrons. The van der Waals surface area contributed by atoms with Gasteiger partial charge in [-0.15, -0.1) is 11.3 Å². The molecule has 0 aliphatic heterocycles. The second-order valence-electron chi connectivity index (χ2n) is 2.57. The van der Waals surface area contributed by atoms with E-state index in [1.54, 1.807) is 0 Å². The summed E-state index contributed by atoms with van der Waals surface area (Å²) < 4.78 is 6.02. The molecule has 0 fully saturated rings.